The highest BCUT2D eigenvalue weighted by Crippen LogP contribution is 2.33. The molecule has 0 heterocycles. The fourth-order valence-corrected chi connectivity index (χ4v) is 4.09. The second-order valence-electron chi connectivity index (χ2n) is 8.08. The lowest BCUT2D eigenvalue weighted by Gasteiger charge is -2.22. The molecular formula is C25H40. The highest BCUT2D eigenvalue weighted by atomic mass is 14.2. The summed E-state index contributed by atoms with van der Waals surface area (Å²) in [6.07, 6.45) is 21.8. The minimum atomic E-state index is 0.947. The van der Waals surface area contributed by atoms with Crippen molar-refractivity contribution in [3.05, 3.63) is 41.5 Å². The minimum absolute atomic E-state index is 0.947. The van der Waals surface area contributed by atoms with E-state index in [0.717, 1.165) is 5.92 Å². The van der Waals surface area contributed by atoms with Crippen molar-refractivity contribution >= 4 is 5.57 Å². The molecule has 0 N–H and O–H groups in total. The summed E-state index contributed by atoms with van der Waals surface area (Å²) >= 11 is 0. The predicted octanol–water partition coefficient (Wildman–Crippen LogP) is 8.35. The number of rotatable bonds is 12. The Morgan fingerprint density at radius 3 is 2.16 bits per heavy atom. The average Bonchev–Trinajstić information content (AvgIpc) is 2.66. The van der Waals surface area contributed by atoms with Crippen LogP contribution in [0.15, 0.2) is 30.3 Å². The molecule has 25 heavy (non-hydrogen) atoms. The predicted molar refractivity (Wildman–Crippen MR) is 113 cm³/mol. The van der Waals surface area contributed by atoms with Crippen LogP contribution in [-0.2, 0) is 6.42 Å². The first-order valence-electron chi connectivity index (χ1n) is 11.1. The first-order valence-corrected chi connectivity index (χ1v) is 11.1. The van der Waals surface area contributed by atoms with Gasteiger partial charge in [-0.15, -0.1) is 0 Å². The SMILES string of the molecule is CCCCCCCCC1CC=C(c2ccc(CCCCC)cc2)CC1. The first-order chi connectivity index (χ1) is 12.3. The van der Waals surface area contributed by atoms with Gasteiger partial charge in [-0.05, 0) is 54.7 Å². The highest BCUT2D eigenvalue weighted by molar-refractivity contribution is 5.66. The minimum Gasteiger partial charge on any atom is -0.0804 e. The number of unbranched alkanes of at least 4 members (excludes halogenated alkanes) is 7. The van der Waals surface area contributed by atoms with Gasteiger partial charge < -0.3 is 0 Å². The van der Waals surface area contributed by atoms with Gasteiger partial charge in [-0.25, -0.2) is 0 Å². The van der Waals surface area contributed by atoms with Gasteiger partial charge in [0.05, 0.1) is 0 Å². The Morgan fingerprint density at radius 2 is 1.48 bits per heavy atom. The van der Waals surface area contributed by atoms with E-state index in [4.69, 9.17) is 0 Å². The lowest BCUT2D eigenvalue weighted by molar-refractivity contribution is 0.423. The van der Waals surface area contributed by atoms with Gasteiger partial charge in [0.2, 0.25) is 0 Å². The summed E-state index contributed by atoms with van der Waals surface area (Å²) in [5, 5.41) is 0. The molecule has 140 valence electrons. The molecule has 0 saturated carbocycles. The van der Waals surface area contributed by atoms with E-state index in [1.807, 2.05) is 0 Å². The average molecular weight is 341 g/mol. The van der Waals surface area contributed by atoms with E-state index < -0.39 is 0 Å². The molecule has 1 aromatic rings. The molecule has 0 radical (unpaired) electrons. The van der Waals surface area contributed by atoms with Crippen molar-refractivity contribution in [2.24, 2.45) is 5.92 Å². The van der Waals surface area contributed by atoms with Crippen LogP contribution >= 0.6 is 0 Å². The fraction of sp³-hybridized carbons (Fsp3) is 0.680. The topological polar surface area (TPSA) is 0 Å². The van der Waals surface area contributed by atoms with Gasteiger partial charge in [0.15, 0.2) is 0 Å². The van der Waals surface area contributed by atoms with Crippen molar-refractivity contribution in [2.45, 2.75) is 104 Å². The monoisotopic (exact) mass is 340 g/mol. The second-order valence-corrected chi connectivity index (χ2v) is 8.08. The molecule has 1 aromatic carbocycles. The second kappa shape index (κ2) is 12.3. The Morgan fingerprint density at radius 1 is 0.800 bits per heavy atom. The zero-order valence-corrected chi connectivity index (χ0v) is 16.9. The van der Waals surface area contributed by atoms with Crippen molar-refractivity contribution in [1.82, 2.24) is 0 Å². The van der Waals surface area contributed by atoms with E-state index in [1.165, 1.54) is 101 Å². The van der Waals surface area contributed by atoms with Gasteiger partial charge in [0, 0.05) is 0 Å². The Labute approximate surface area is 157 Å². The summed E-state index contributed by atoms with van der Waals surface area (Å²) in [5.41, 5.74) is 4.58. The number of allylic oxidation sites excluding steroid dienone is 2. The summed E-state index contributed by atoms with van der Waals surface area (Å²) in [7, 11) is 0. The maximum absolute atomic E-state index is 2.54. The summed E-state index contributed by atoms with van der Waals surface area (Å²) in [6, 6.07) is 9.44. The number of aryl methyl sites for hydroxylation is 1. The van der Waals surface area contributed by atoms with E-state index in [9.17, 15) is 0 Å². The highest BCUT2D eigenvalue weighted by Gasteiger charge is 2.15. The normalized spacial score (nSPS) is 17.5. The van der Waals surface area contributed by atoms with Crippen LogP contribution in [0.1, 0.15) is 108 Å². The third kappa shape index (κ3) is 7.80. The molecule has 2 rings (SSSR count). The lowest BCUT2D eigenvalue weighted by atomic mass is 9.83. The van der Waals surface area contributed by atoms with Crippen LogP contribution in [0.25, 0.3) is 5.57 Å². The fourth-order valence-electron chi connectivity index (χ4n) is 4.09. The van der Waals surface area contributed by atoms with Crippen molar-refractivity contribution in [2.75, 3.05) is 0 Å². The molecule has 0 heteroatoms. The molecule has 0 fully saturated rings. The van der Waals surface area contributed by atoms with Crippen LogP contribution < -0.4 is 0 Å². The molecule has 0 bridgehead atoms. The first kappa shape index (κ1) is 20.3. The Balaban J connectivity index is 1.69. The summed E-state index contributed by atoms with van der Waals surface area (Å²) in [4.78, 5) is 0. The van der Waals surface area contributed by atoms with Crippen LogP contribution in [0.5, 0.6) is 0 Å². The quantitative estimate of drug-likeness (QED) is 0.335. The van der Waals surface area contributed by atoms with Crippen molar-refractivity contribution in [3.8, 4) is 0 Å². The van der Waals surface area contributed by atoms with Crippen LogP contribution in [-0.4, -0.2) is 0 Å². The number of benzene rings is 1. The molecule has 1 aliphatic carbocycles. The maximum atomic E-state index is 2.54. The standard InChI is InChI=1S/C25H40/c1-3-5-7-8-9-11-13-23-16-20-25(21-17-23)24-18-14-22(15-19-24)12-10-6-4-2/h14-15,18-20,23H,3-13,16-17,21H2,1-2H3. The summed E-state index contributed by atoms with van der Waals surface area (Å²) in [5.74, 6) is 0.947. The Kier molecular flexibility index (Phi) is 10.0. The molecule has 1 unspecified atom stereocenters. The van der Waals surface area contributed by atoms with Gasteiger partial charge in [0.1, 0.15) is 0 Å². The van der Waals surface area contributed by atoms with Crippen LogP contribution in [0.4, 0.5) is 0 Å². The van der Waals surface area contributed by atoms with Gasteiger partial charge >= 0.3 is 0 Å². The van der Waals surface area contributed by atoms with Gasteiger partial charge in [-0.3, -0.25) is 0 Å². The smallest absolute Gasteiger partial charge is 0.0228 e. The van der Waals surface area contributed by atoms with E-state index in [0.29, 0.717) is 0 Å². The number of hydrogen-bond acceptors (Lipinski definition) is 0. The van der Waals surface area contributed by atoms with E-state index in [2.05, 4.69) is 44.2 Å². The molecule has 1 atom stereocenters. The number of hydrogen-bond donors (Lipinski definition) is 0. The zero-order chi connectivity index (χ0) is 17.7. The molecule has 0 spiro atoms. The zero-order valence-electron chi connectivity index (χ0n) is 16.9. The van der Waals surface area contributed by atoms with Crippen LogP contribution in [0.2, 0.25) is 0 Å². The Bertz CT molecular complexity index is 479. The summed E-state index contributed by atoms with van der Waals surface area (Å²) in [6.45, 7) is 4.57. The third-order valence-electron chi connectivity index (χ3n) is 5.88. The molecule has 0 amide bonds. The Hall–Kier alpha value is -1.04. The largest absolute Gasteiger partial charge is 0.0804 e. The van der Waals surface area contributed by atoms with E-state index >= 15 is 0 Å². The molecule has 0 saturated heterocycles. The molecule has 0 nitrogen and oxygen atoms in total. The van der Waals surface area contributed by atoms with Gasteiger partial charge in [-0.1, -0.05) is 102 Å². The molecular weight excluding hydrogens is 300 g/mol. The van der Waals surface area contributed by atoms with Crippen LogP contribution in [0.3, 0.4) is 0 Å². The van der Waals surface area contributed by atoms with Gasteiger partial charge in [-0.2, -0.15) is 0 Å². The van der Waals surface area contributed by atoms with Crippen molar-refractivity contribution in [1.29, 1.82) is 0 Å². The lowest BCUT2D eigenvalue weighted by Crippen LogP contribution is -2.05. The van der Waals surface area contributed by atoms with Gasteiger partial charge in [0.25, 0.3) is 0 Å². The molecule has 1 aliphatic rings. The molecule has 0 aromatic heterocycles. The molecule has 0 aliphatic heterocycles. The maximum Gasteiger partial charge on any atom is -0.0228 e. The van der Waals surface area contributed by atoms with Crippen molar-refractivity contribution < 1.29 is 0 Å². The van der Waals surface area contributed by atoms with E-state index in [1.54, 1.807) is 5.57 Å². The van der Waals surface area contributed by atoms with Crippen LogP contribution in [0, 0.1) is 5.92 Å². The van der Waals surface area contributed by atoms with E-state index in [-0.39, 0.29) is 0 Å². The van der Waals surface area contributed by atoms with Crippen molar-refractivity contribution in [3.63, 3.8) is 0 Å². The third-order valence-corrected chi connectivity index (χ3v) is 5.88. The summed E-state index contributed by atoms with van der Waals surface area (Å²) < 4.78 is 0.